The maximum atomic E-state index is 11.1. The van der Waals surface area contributed by atoms with Gasteiger partial charge in [0.05, 0.1) is 17.6 Å². The van der Waals surface area contributed by atoms with Gasteiger partial charge in [-0.2, -0.15) is 0 Å². The topological polar surface area (TPSA) is 62.1 Å². The molecule has 110 valence electrons. The zero-order valence-corrected chi connectivity index (χ0v) is 11.8. The van der Waals surface area contributed by atoms with Crippen molar-refractivity contribution in [1.29, 1.82) is 0 Å². The Hall–Kier alpha value is -2.04. The highest BCUT2D eigenvalue weighted by Crippen LogP contribution is 2.46. The summed E-state index contributed by atoms with van der Waals surface area (Å²) in [6.07, 6.45) is 5.70. The molecule has 2 unspecified atom stereocenters. The van der Waals surface area contributed by atoms with Gasteiger partial charge in [-0.15, -0.1) is 0 Å². The summed E-state index contributed by atoms with van der Waals surface area (Å²) in [4.78, 5) is 17.9. The van der Waals surface area contributed by atoms with Gasteiger partial charge in [-0.05, 0) is 37.3 Å². The van der Waals surface area contributed by atoms with Crippen LogP contribution in [0.25, 0.3) is 0 Å². The average molecular weight is 286 g/mol. The number of hydrogen-bond acceptors (Lipinski definition) is 4. The van der Waals surface area contributed by atoms with Crippen molar-refractivity contribution in [2.24, 2.45) is 10.9 Å². The minimum atomic E-state index is -0.820. The molecule has 3 aliphatic rings. The van der Waals surface area contributed by atoms with Crippen molar-refractivity contribution in [3.8, 4) is 5.75 Å². The summed E-state index contributed by atoms with van der Waals surface area (Å²) in [5.74, 6) is -0.508. The summed E-state index contributed by atoms with van der Waals surface area (Å²) in [5.41, 5.74) is 2.92. The number of anilines is 1. The van der Waals surface area contributed by atoms with E-state index in [2.05, 4.69) is 16.0 Å². The summed E-state index contributed by atoms with van der Waals surface area (Å²) in [5, 5.41) is 9.13. The maximum absolute atomic E-state index is 11.1. The van der Waals surface area contributed by atoms with Gasteiger partial charge in [0.15, 0.2) is 5.75 Å². The lowest BCUT2D eigenvalue weighted by molar-refractivity contribution is -0.139. The first-order chi connectivity index (χ1) is 10.2. The van der Waals surface area contributed by atoms with Crippen LogP contribution in [0, 0.1) is 5.92 Å². The number of carboxylic acid groups (broad SMARTS) is 1. The third-order valence-electron chi connectivity index (χ3n) is 4.69. The van der Waals surface area contributed by atoms with E-state index in [9.17, 15) is 4.79 Å². The monoisotopic (exact) mass is 286 g/mol. The van der Waals surface area contributed by atoms with Crippen LogP contribution in [0.4, 0.5) is 11.4 Å². The smallest absolute Gasteiger partial charge is 0.312 e. The first-order valence-electron chi connectivity index (χ1n) is 7.56. The number of carbonyl (C=O) groups is 1. The van der Waals surface area contributed by atoms with Gasteiger partial charge in [-0.1, -0.05) is 6.07 Å². The SMILES string of the molecule is O=C(O)C1C=Nc2c(ccc3c2OCC2CCCCN32)C1. The highest BCUT2D eigenvalue weighted by Gasteiger charge is 2.33. The van der Waals surface area contributed by atoms with Crippen molar-refractivity contribution < 1.29 is 14.6 Å². The van der Waals surface area contributed by atoms with E-state index in [-0.39, 0.29) is 0 Å². The molecule has 1 aromatic carbocycles. The van der Waals surface area contributed by atoms with Crippen LogP contribution < -0.4 is 9.64 Å². The van der Waals surface area contributed by atoms with Crippen LogP contribution >= 0.6 is 0 Å². The first kappa shape index (κ1) is 12.7. The molecule has 2 atom stereocenters. The Morgan fingerprint density at radius 3 is 3.14 bits per heavy atom. The van der Waals surface area contributed by atoms with Gasteiger partial charge in [0.25, 0.3) is 0 Å². The fraction of sp³-hybridized carbons (Fsp3) is 0.500. The van der Waals surface area contributed by atoms with E-state index >= 15 is 0 Å². The lowest BCUT2D eigenvalue weighted by atomic mass is 9.93. The fourth-order valence-corrected chi connectivity index (χ4v) is 3.55. The molecule has 0 radical (unpaired) electrons. The largest absolute Gasteiger partial charge is 0.487 e. The number of aliphatic carboxylic acids is 1. The molecule has 1 saturated heterocycles. The molecule has 21 heavy (non-hydrogen) atoms. The molecule has 0 aliphatic carbocycles. The second kappa shape index (κ2) is 4.76. The van der Waals surface area contributed by atoms with E-state index in [1.165, 1.54) is 25.5 Å². The first-order valence-corrected chi connectivity index (χ1v) is 7.56. The minimum absolute atomic E-state index is 0.476. The van der Waals surface area contributed by atoms with Crippen LogP contribution in [-0.2, 0) is 11.2 Å². The van der Waals surface area contributed by atoms with Gasteiger partial charge < -0.3 is 14.7 Å². The van der Waals surface area contributed by atoms with Crippen LogP contribution in [0.1, 0.15) is 24.8 Å². The quantitative estimate of drug-likeness (QED) is 0.861. The van der Waals surface area contributed by atoms with Crippen LogP contribution in [0.5, 0.6) is 5.75 Å². The molecule has 3 aliphatic heterocycles. The second-order valence-corrected chi connectivity index (χ2v) is 6.00. The highest BCUT2D eigenvalue weighted by molar-refractivity contribution is 5.93. The lowest BCUT2D eigenvalue weighted by Gasteiger charge is -2.42. The number of carboxylic acids is 1. The van der Waals surface area contributed by atoms with Crippen molar-refractivity contribution in [2.75, 3.05) is 18.1 Å². The molecule has 0 saturated carbocycles. The molecule has 4 rings (SSSR count). The Morgan fingerprint density at radius 2 is 2.29 bits per heavy atom. The minimum Gasteiger partial charge on any atom is -0.487 e. The molecule has 0 spiro atoms. The normalized spacial score (nSPS) is 26.4. The third-order valence-corrected chi connectivity index (χ3v) is 4.69. The Labute approximate surface area is 123 Å². The van der Waals surface area contributed by atoms with Crippen LogP contribution in [0.2, 0.25) is 0 Å². The van der Waals surface area contributed by atoms with Crippen molar-refractivity contribution in [3.63, 3.8) is 0 Å². The van der Waals surface area contributed by atoms with Crippen molar-refractivity contribution in [1.82, 2.24) is 0 Å². The molecular formula is C16H18N2O3. The molecular weight excluding hydrogens is 268 g/mol. The third kappa shape index (κ3) is 1.99. The van der Waals surface area contributed by atoms with E-state index in [0.717, 1.165) is 29.2 Å². The highest BCUT2D eigenvalue weighted by atomic mass is 16.5. The van der Waals surface area contributed by atoms with E-state index in [1.54, 1.807) is 0 Å². The molecule has 0 aromatic heterocycles. The van der Waals surface area contributed by atoms with Crippen molar-refractivity contribution in [3.05, 3.63) is 17.7 Å². The lowest BCUT2D eigenvalue weighted by Crippen LogP contribution is -2.46. The number of nitrogens with zero attached hydrogens (tertiary/aromatic N) is 2. The van der Waals surface area contributed by atoms with Crippen LogP contribution in [0.3, 0.4) is 0 Å². The van der Waals surface area contributed by atoms with Crippen molar-refractivity contribution >= 4 is 23.6 Å². The number of fused-ring (bicyclic) bond motifs is 5. The summed E-state index contributed by atoms with van der Waals surface area (Å²) in [6, 6.07) is 4.57. The molecule has 3 heterocycles. The van der Waals surface area contributed by atoms with E-state index in [4.69, 9.17) is 9.84 Å². The number of benzene rings is 1. The Bertz CT molecular complexity index is 626. The summed E-state index contributed by atoms with van der Waals surface area (Å²) in [7, 11) is 0. The predicted molar refractivity (Wildman–Crippen MR) is 79.9 cm³/mol. The van der Waals surface area contributed by atoms with E-state index < -0.39 is 11.9 Å². The molecule has 0 amide bonds. The number of hydrogen-bond donors (Lipinski definition) is 1. The molecule has 5 nitrogen and oxygen atoms in total. The van der Waals surface area contributed by atoms with E-state index in [0.29, 0.717) is 19.1 Å². The van der Waals surface area contributed by atoms with Gasteiger partial charge >= 0.3 is 5.97 Å². The van der Waals surface area contributed by atoms with E-state index in [1.807, 2.05) is 6.07 Å². The maximum Gasteiger partial charge on any atom is 0.312 e. The molecule has 1 fully saturated rings. The predicted octanol–water partition coefficient (Wildman–Crippen LogP) is 2.40. The molecule has 1 N–H and O–H groups in total. The van der Waals surface area contributed by atoms with Gasteiger partial charge in [-0.3, -0.25) is 9.79 Å². The van der Waals surface area contributed by atoms with Gasteiger partial charge in [0.1, 0.15) is 12.3 Å². The molecule has 5 heteroatoms. The number of ether oxygens (including phenoxy) is 1. The van der Waals surface area contributed by atoms with Gasteiger partial charge in [0.2, 0.25) is 0 Å². The standard InChI is InChI=1S/C16H18N2O3/c19-16(20)11-7-10-4-5-13-15(14(10)17-8-11)21-9-12-3-1-2-6-18(12)13/h4-5,8,11-12H,1-3,6-7,9H2,(H,19,20). The van der Waals surface area contributed by atoms with Crippen LogP contribution in [-0.4, -0.2) is 36.5 Å². The van der Waals surface area contributed by atoms with Crippen molar-refractivity contribution in [2.45, 2.75) is 31.7 Å². The Balaban J connectivity index is 1.74. The average Bonchev–Trinajstić information content (AvgIpc) is 2.53. The summed E-state index contributed by atoms with van der Waals surface area (Å²) in [6.45, 7) is 1.78. The number of piperidine rings is 1. The summed E-state index contributed by atoms with van der Waals surface area (Å²) < 4.78 is 5.98. The fourth-order valence-electron chi connectivity index (χ4n) is 3.55. The molecule has 1 aromatic rings. The number of rotatable bonds is 1. The Morgan fingerprint density at radius 1 is 1.38 bits per heavy atom. The van der Waals surface area contributed by atoms with Gasteiger partial charge in [-0.25, -0.2) is 0 Å². The number of aliphatic imine (C=N–C) groups is 1. The summed E-state index contributed by atoms with van der Waals surface area (Å²) >= 11 is 0. The zero-order valence-electron chi connectivity index (χ0n) is 11.8. The van der Waals surface area contributed by atoms with Crippen LogP contribution in [0.15, 0.2) is 17.1 Å². The Kier molecular flexibility index (Phi) is 2.87. The molecule has 0 bridgehead atoms. The second-order valence-electron chi connectivity index (χ2n) is 6.00. The zero-order chi connectivity index (χ0) is 14.4. The van der Waals surface area contributed by atoms with Gasteiger partial charge in [0, 0.05) is 12.8 Å².